The lowest BCUT2D eigenvalue weighted by molar-refractivity contribution is -0.137. The molecule has 0 fully saturated rings. The van der Waals surface area contributed by atoms with Gasteiger partial charge >= 0.3 is 5.97 Å². The van der Waals surface area contributed by atoms with Crippen LogP contribution in [0, 0.1) is 0 Å². The van der Waals surface area contributed by atoms with Crippen molar-refractivity contribution in [3.63, 3.8) is 0 Å². The molecular formula is C10H9Cl3O2. The summed E-state index contributed by atoms with van der Waals surface area (Å²) in [5, 5.41) is 9.13. The summed E-state index contributed by atoms with van der Waals surface area (Å²) >= 11 is 17.7. The number of hydrogen-bond donors (Lipinski definition) is 1. The topological polar surface area (TPSA) is 37.3 Å². The quantitative estimate of drug-likeness (QED) is 0.833. The summed E-state index contributed by atoms with van der Waals surface area (Å²) in [5.74, 6) is -0.876. The molecule has 0 aliphatic rings. The van der Waals surface area contributed by atoms with E-state index in [-0.39, 0.29) is 6.42 Å². The lowest BCUT2D eigenvalue weighted by Crippen LogP contribution is -1.99. The summed E-state index contributed by atoms with van der Waals surface area (Å²) in [4.78, 5) is 10.4. The van der Waals surface area contributed by atoms with Gasteiger partial charge in [0.15, 0.2) is 0 Å². The van der Waals surface area contributed by atoms with E-state index < -0.39 is 11.3 Å². The van der Waals surface area contributed by atoms with Crippen molar-refractivity contribution in [3.05, 3.63) is 33.8 Å². The van der Waals surface area contributed by atoms with Gasteiger partial charge < -0.3 is 5.11 Å². The zero-order valence-electron chi connectivity index (χ0n) is 7.71. The lowest BCUT2D eigenvalue weighted by atomic mass is 10.1. The van der Waals surface area contributed by atoms with Crippen LogP contribution in [0.1, 0.15) is 23.8 Å². The maximum Gasteiger partial charge on any atom is 0.303 e. The molecular weight excluding hydrogens is 258 g/mol. The maximum absolute atomic E-state index is 10.4. The first-order valence-corrected chi connectivity index (χ1v) is 5.50. The van der Waals surface area contributed by atoms with Crippen LogP contribution in [0.25, 0.3) is 0 Å². The molecule has 5 heteroatoms. The van der Waals surface area contributed by atoms with Gasteiger partial charge in [-0.05, 0) is 30.2 Å². The van der Waals surface area contributed by atoms with Crippen LogP contribution in [-0.4, -0.2) is 11.1 Å². The van der Waals surface area contributed by atoms with Crippen molar-refractivity contribution < 1.29 is 9.90 Å². The molecule has 15 heavy (non-hydrogen) atoms. The number of carboxylic acid groups (broad SMARTS) is 1. The largest absolute Gasteiger partial charge is 0.481 e. The number of hydrogen-bond acceptors (Lipinski definition) is 1. The van der Waals surface area contributed by atoms with Crippen molar-refractivity contribution in [2.75, 3.05) is 0 Å². The van der Waals surface area contributed by atoms with Crippen LogP contribution in [0.2, 0.25) is 10.0 Å². The number of alkyl halides is 1. The average Bonchev–Trinajstić information content (AvgIpc) is 2.18. The Balaban J connectivity index is 2.76. The summed E-state index contributed by atoms with van der Waals surface area (Å²) < 4.78 is 0. The van der Waals surface area contributed by atoms with E-state index in [1.165, 1.54) is 0 Å². The third-order valence-electron chi connectivity index (χ3n) is 1.91. The Morgan fingerprint density at radius 2 is 2.07 bits per heavy atom. The predicted molar refractivity (Wildman–Crippen MR) is 61.9 cm³/mol. The molecule has 0 bridgehead atoms. The van der Waals surface area contributed by atoms with Crippen LogP contribution in [0.4, 0.5) is 0 Å². The molecule has 1 rings (SSSR count). The SMILES string of the molecule is O=C(O)CCC(Cl)c1cc(Cl)ccc1Cl. The van der Waals surface area contributed by atoms with Crippen molar-refractivity contribution in [1.29, 1.82) is 0 Å². The molecule has 0 amide bonds. The van der Waals surface area contributed by atoms with Crippen LogP contribution in [0.3, 0.4) is 0 Å². The molecule has 0 spiro atoms. The van der Waals surface area contributed by atoms with Gasteiger partial charge in [0.2, 0.25) is 0 Å². The minimum absolute atomic E-state index is 0.0109. The highest BCUT2D eigenvalue weighted by Crippen LogP contribution is 2.33. The van der Waals surface area contributed by atoms with Crippen LogP contribution in [0.5, 0.6) is 0 Å². The average molecular weight is 268 g/mol. The van der Waals surface area contributed by atoms with E-state index in [4.69, 9.17) is 39.9 Å². The summed E-state index contributed by atoms with van der Waals surface area (Å²) in [6.07, 6.45) is 0.341. The number of rotatable bonds is 4. The fraction of sp³-hybridized carbons (Fsp3) is 0.300. The van der Waals surface area contributed by atoms with E-state index in [1.54, 1.807) is 18.2 Å². The van der Waals surface area contributed by atoms with E-state index >= 15 is 0 Å². The first kappa shape index (κ1) is 12.6. The number of benzene rings is 1. The van der Waals surface area contributed by atoms with Gasteiger partial charge in [0.1, 0.15) is 0 Å². The number of carboxylic acids is 1. The monoisotopic (exact) mass is 266 g/mol. The van der Waals surface area contributed by atoms with Gasteiger partial charge in [0, 0.05) is 16.5 Å². The molecule has 0 heterocycles. The highest BCUT2D eigenvalue weighted by atomic mass is 35.5. The fourth-order valence-corrected chi connectivity index (χ4v) is 1.94. The highest BCUT2D eigenvalue weighted by molar-refractivity contribution is 6.34. The number of halogens is 3. The van der Waals surface area contributed by atoms with Gasteiger partial charge in [-0.25, -0.2) is 0 Å². The Kier molecular flexibility index (Phi) is 4.71. The molecule has 0 aromatic heterocycles. The summed E-state index contributed by atoms with van der Waals surface area (Å²) in [7, 11) is 0. The molecule has 1 N–H and O–H groups in total. The molecule has 82 valence electrons. The van der Waals surface area contributed by atoms with Gasteiger partial charge in [0.05, 0.1) is 5.38 Å². The molecule has 2 nitrogen and oxygen atoms in total. The van der Waals surface area contributed by atoms with Gasteiger partial charge in [-0.3, -0.25) is 4.79 Å². The Bertz CT molecular complexity index is 366. The zero-order valence-corrected chi connectivity index (χ0v) is 9.98. The second-order valence-electron chi connectivity index (χ2n) is 3.07. The zero-order chi connectivity index (χ0) is 11.4. The Hall–Kier alpha value is -0.440. The molecule has 1 aromatic rings. The molecule has 0 saturated carbocycles. The third-order valence-corrected chi connectivity index (χ3v) is 2.94. The summed E-state index contributed by atoms with van der Waals surface area (Å²) in [5.41, 5.74) is 0.673. The van der Waals surface area contributed by atoms with E-state index in [0.29, 0.717) is 22.0 Å². The van der Waals surface area contributed by atoms with Crippen molar-refractivity contribution >= 4 is 40.8 Å². The van der Waals surface area contributed by atoms with E-state index in [9.17, 15) is 4.79 Å². The summed E-state index contributed by atoms with van der Waals surface area (Å²) in [6.45, 7) is 0. The van der Waals surface area contributed by atoms with Gasteiger partial charge in [-0.2, -0.15) is 0 Å². The Morgan fingerprint density at radius 3 is 2.67 bits per heavy atom. The van der Waals surface area contributed by atoms with E-state index in [2.05, 4.69) is 0 Å². The fourth-order valence-electron chi connectivity index (χ4n) is 1.16. The molecule has 0 radical (unpaired) electrons. The van der Waals surface area contributed by atoms with Crippen molar-refractivity contribution in [3.8, 4) is 0 Å². The smallest absolute Gasteiger partial charge is 0.303 e. The van der Waals surface area contributed by atoms with Crippen LogP contribution in [-0.2, 0) is 4.79 Å². The molecule has 1 atom stereocenters. The number of carbonyl (C=O) groups is 1. The molecule has 0 aliphatic carbocycles. The highest BCUT2D eigenvalue weighted by Gasteiger charge is 2.13. The van der Waals surface area contributed by atoms with Gasteiger partial charge in [0.25, 0.3) is 0 Å². The minimum atomic E-state index is -0.876. The van der Waals surface area contributed by atoms with E-state index in [1.807, 2.05) is 0 Å². The normalized spacial score (nSPS) is 12.5. The molecule has 1 unspecified atom stereocenters. The van der Waals surface area contributed by atoms with Crippen molar-refractivity contribution in [2.24, 2.45) is 0 Å². The molecule has 1 aromatic carbocycles. The lowest BCUT2D eigenvalue weighted by Gasteiger charge is -2.10. The second-order valence-corrected chi connectivity index (χ2v) is 4.44. The van der Waals surface area contributed by atoms with Gasteiger partial charge in [-0.1, -0.05) is 23.2 Å². The Labute approximate surface area is 103 Å². The molecule has 0 aliphatic heterocycles. The van der Waals surface area contributed by atoms with Crippen molar-refractivity contribution in [2.45, 2.75) is 18.2 Å². The van der Waals surface area contributed by atoms with Gasteiger partial charge in [-0.15, -0.1) is 11.6 Å². The first-order chi connectivity index (χ1) is 7.00. The Morgan fingerprint density at radius 1 is 1.40 bits per heavy atom. The first-order valence-electron chi connectivity index (χ1n) is 4.31. The van der Waals surface area contributed by atoms with Crippen LogP contribution >= 0.6 is 34.8 Å². The standard InChI is InChI=1S/C10H9Cl3O2/c11-6-1-2-8(12)7(5-6)9(13)3-4-10(14)15/h1-2,5,9H,3-4H2,(H,14,15). The maximum atomic E-state index is 10.4. The third kappa shape index (κ3) is 3.90. The van der Waals surface area contributed by atoms with E-state index in [0.717, 1.165) is 0 Å². The summed E-state index contributed by atoms with van der Waals surface area (Å²) in [6, 6.07) is 4.97. The van der Waals surface area contributed by atoms with Crippen molar-refractivity contribution in [1.82, 2.24) is 0 Å². The van der Waals surface area contributed by atoms with Crippen LogP contribution < -0.4 is 0 Å². The predicted octanol–water partition coefficient (Wildman–Crippen LogP) is 4.14. The number of aliphatic carboxylic acids is 1. The van der Waals surface area contributed by atoms with Crippen LogP contribution in [0.15, 0.2) is 18.2 Å². The second kappa shape index (κ2) is 5.59. The molecule has 0 saturated heterocycles. The minimum Gasteiger partial charge on any atom is -0.481 e.